The van der Waals surface area contributed by atoms with Crippen molar-refractivity contribution in [3.05, 3.63) is 76.0 Å². The summed E-state index contributed by atoms with van der Waals surface area (Å²) in [7, 11) is -4.28. The highest BCUT2D eigenvalue weighted by Gasteiger charge is 2.36. The number of hydrogen-bond acceptors (Lipinski definition) is 11. The van der Waals surface area contributed by atoms with Crippen LogP contribution in [0.4, 0.5) is 0 Å². The van der Waals surface area contributed by atoms with Gasteiger partial charge in [0.1, 0.15) is 5.75 Å². The van der Waals surface area contributed by atoms with Gasteiger partial charge in [0.2, 0.25) is 0 Å². The summed E-state index contributed by atoms with van der Waals surface area (Å²) in [6.45, 7) is 2.66. The molecule has 3 aromatic rings. The number of rotatable bonds is 9. The van der Waals surface area contributed by atoms with E-state index in [2.05, 4.69) is 9.79 Å². The number of carbonyl (C=O) groups excluding carboxylic acids is 3. The van der Waals surface area contributed by atoms with Gasteiger partial charge in [-0.1, -0.05) is 37.3 Å². The average molecular weight is 543 g/mol. The molecule has 1 N–H and O–H groups in total. The largest absolute Gasteiger partial charge is 0.507 e. The summed E-state index contributed by atoms with van der Waals surface area (Å²) in [4.78, 5) is 37.5. The number of aromatic nitrogens is 2. The van der Waals surface area contributed by atoms with E-state index in [0.717, 1.165) is 0 Å². The Bertz CT molecular complexity index is 1560. The number of aromatic hydroxyl groups is 1. The van der Waals surface area contributed by atoms with Gasteiger partial charge in [0.05, 0.1) is 35.3 Å². The molecule has 0 amide bonds. The highest BCUT2D eigenvalue weighted by Crippen LogP contribution is 2.33. The molecule has 1 atom stereocenters. The first-order valence-corrected chi connectivity index (χ1v) is 12.8. The molecule has 1 aromatic heterocycles. The number of Topliss-reactive ketones (excluding diaryl/α,β-unsaturated/α-hetero) is 2. The van der Waals surface area contributed by atoms with E-state index in [9.17, 15) is 33.1 Å². The molecule has 1 heterocycles. The number of nitrogens with zero attached hydrogens (tertiary/aromatic N) is 2. The van der Waals surface area contributed by atoms with Crippen LogP contribution in [0.2, 0.25) is 0 Å². The van der Waals surface area contributed by atoms with Crippen LogP contribution in [0.1, 0.15) is 41.0 Å². The standard InChI is InChI=1S/C25H22N2O10S/c1-14(13-36-24-25(27(32)37-26-24)38(33,34)16-7-4-3-5-8-16)12-35-20(29)11-18-15(2)22(30)17-9-6-10-19(28)21(17)23(18)31/h3-10,14,28H,11-13H2,1-2H3. The zero-order chi connectivity index (χ0) is 27.6. The molecule has 0 aliphatic heterocycles. The van der Waals surface area contributed by atoms with E-state index in [1.165, 1.54) is 49.4 Å². The highest BCUT2D eigenvalue weighted by molar-refractivity contribution is 7.91. The van der Waals surface area contributed by atoms with Gasteiger partial charge in [-0.15, -0.1) is 0 Å². The topological polar surface area (TPSA) is 177 Å². The molecule has 0 spiro atoms. The van der Waals surface area contributed by atoms with Crippen LogP contribution in [0.5, 0.6) is 11.6 Å². The molecule has 0 radical (unpaired) electrons. The number of phenols is 1. The lowest BCUT2D eigenvalue weighted by Crippen LogP contribution is -2.31. The van der Waals surface area contributed by atoms with Crippen LogP contribution >= 0.6 is 0 Å². The third-order valence-electron chi connectivity index (χ3n) is 5.79. The smallest absolute Gasteiger partial charge is 0.414 e. The number of ketones is 2. The molecular formula is C25H22N2O10S. The number of benzene rings is 2. The Morgan fingerprint density at radius 2 is 1.82 bits per heavy atom. The Morgan fingerprint density at radius 3 is 2.53 bits per heavy atom. The summed E-state index contributed by atoms with van der Waals surface area (Å²) in [5.74, 6) is -3.29. The number of hydrogen-bond donors (Lipinski definition) is 1. The maximum atomic E-state index is 12.9. The summed E-state index contributed by atoms with van der Waals surface area (Å²) in [5, 5.41) is 24.6. The summed E-state index contributed by atoms with van der Waals surface area (Å²) in [6, 6.07) is 11.3. The normalized spacial score (nSPS) is 14.3. The van der Waals surface area contributed by atoms with E-state index >= 15 is 0 Å². The number of sulfone groups is 1. The molecule has 12 nitrogen and oxygen atoms in total. The number of fused-ring (bicyclic) bond motifs is 1. The third kappa shape index (κ3) is 5.00. The fourth-order valence-corrected chi connectivity index (χ4v) is 5.08. The molecule has 2 aromatic carbocycles. The minimum atomic E-state index is -4.28. The minimum absolute atomic E-state index is 0.0660. The second kappa shape index (κ2) is 10.5. The molecule has 0 bridgehead atoms. The Labute approximate surface area is 216 Å². The van der Waals surface area contributed by atoms with Crippen LogP contribution in [-0.2, 0) is 19.4 Å². The number of esters is 1. The molecular weight excluding hydrogens is 520 g/mol. The zero-order valence-electron chi connectivity index (χ0n) is 20.2. The highest BCUT2D eigenvalue weighted by atomic mass is 32.2. The van der Waals surface area contributed by atoms with Crippen LogP contribution in [0.25, 0.3) is 0 Å². The lowest BCUT2D eigenvalue weighted by molar-refractivity contribution is -0.832. The Morgan fingerprint density at radius 1 is 1.11 bits per heavy atom. The molecule has 0 saturated heterocycles. The van der Waals surface area contributed by atoms with Gasteiger partial charge in [-0.05, 0) is 30.0 Å². The molecule has 1 unspecified atom stereocenters. The fourth-order valence-electron chi connectivity index (χ4n) is 3.78. The van der Waals surface area contributed by atoms with Crippen LogP contribution in [0.15, 0.2) is 74.2 Å². The van der Waals surface area contributed by atoms with Gasteiger partial charge >= 0.3 is 16.9 Å². The molecule has 0 saturated carbocycles. The molecule has 13 heteroatoms. The van der Waals surface area contributed by atoms with E-state index in [4.69, 9.17) is 9.47 Å². The number of carbonyl (C=O) groups is 3. The molecule has 1 aliphatic rings. The maximum Gasteiger partial charge on any atom is 0.414 e. The van der Waals surface area contributed by atoms with Gasteiger partial charge in [0, 0.05) is 22.6 Å². The van der Waals surface area contributed by atoms with Gasteiger partial charge in [0.25, 0.3) is 9.84 Å². The first-order valence-electron chi connectivity index (χ1n) is 11.3. The molecule has 4 rings (SSSR count). The van der Waals surface area contributed by atoms with Crippen molar-refractivity contribution in [1.82, 2.24) is 5.16 Å². The predicted molar refractivity (Wildman–Crippen MR) is 127 cm³/mol. The van der Waals surface area contributed by atoms with Crippen LogP contribution < -0.4 is 9.64 Å². The van der Waals surface area contributed by atoms with Crippen molar-refractivity contribution in [2.24, 2.45) is 5.92 Å². The monoisotopic (exact) mass is 542 g/mol. The molecule has 0 fully saturated rings. The summed E-state index contributed by atoms with van der Waals surface area (Å²) in [5.41, 5.74) is -0.0739. The van der Waals surface area contributed by atoms with Gasteiger partial charge in [-0.25, -0.2) is 8.42 Å². The average Bonchev–Trinajstić information content (AvgIpc) is 3.28. The van der Waals surface area contributed by atoms with Crippen molar-refractivity contribution >= 4 is 27.4 Å². The third-order valence-corrected chi connectivity index (χ3v) is 7.52. The number of allylic oxidation sites excluding steroid dienone is 1. The van der Waals surface area contributed by atoms with Gasteiger partial charge in [0.15, 0.2) is 11.6 Å². The van der Waals surface area contributed by atoms with Crippen molar-refractivity contribution in [2.45, 2.75) is 30.2 Å². The Hall–Kier alpha value is -4.52. The second-order valence-electron chi connectivity index (χ2n) is 8.59. The first kappa shape index (κ1) is 26.5. The SMILES string of the molecule is CC1=C(CC(=O)OCC(C)COc2no[n+]([O-])c2S(=O)(=O)c2ccccc2)C(=O)c2c(O)cccc2C1=O. The van der Waals surface area contributed by atoms with Crippen molar-refractivity contribution in [1.29, 1.82) is 0 Å². The van der Waals surface area contributed by atoms with Crippen molar-refractivity contribution in [2.75, 3.05) is 13.2 Å². The van der Waals surface area contributed by atoms with Crippen molar-refractivity contribution in [3.8, 4) is 11.6 Å². The Kier molecular flexibility index (Phi) is 7.30. The van der Waals surface area contributed by atoms with Crippen LogP contribution in [0, 0.1) is 11.1 Å². The van der Waals surface area contributed by atoms with E-state index in [0.29, 0.717) is 0 Å². The number of ether oxygens (including phenoxy) is 2. The first-order chi connectivity index (χ1) is 18.0. The summed E-state index contributed by atoms with van der Waals surface area (Å²) < 4.78 is 40.6. The lowest BCUT2D eigenvalue weighted by atomic mass is 9.83. The van der Waals surface area contributed by atoms with Crippen molar-refractivity contribution in [3.63, 3.8) is 0 Å². The fraction of sp³-hybridized carbons (Fsp3) is 0.240. The lowest BCUT2D eigenvalue weighted by Gasteiger charge is -2.19. The maximum absolute atomic E-state index is 12.9. The van der Waals surface area contributed by atoms with Crippen molar-refractivity contribution < 1.29 is 46.9 Å². The van der Waals surface area contributed by atoms with Gasteiger partial charge < -0.3 is 19.8 Å². The second-order valence-corrected chi connectivity index (χ2v) is 10.5. The van der Waals surface area contributed by atoms with E-state index in [-0.39, 0.29) is 51.0 Å². The predicted octanol–water partition coefficient (Wildman–Crippen LogP) is 2.19. The van der Waals surface area contributed by atoms with Gasteiger partial charge in [-0.3, -0.25) is 19.0 Å². The van der Waals surface area contributed by atoms with Gasteiger partial charge in [-0.2, -0.15) is 0 Å². The Balaban J connectivity index is 1.37. The summed E-state index contributed by atoms with van der Waals surface area (Å²) >= 11 is 0. The molecule has 38 heavy (non-hydrogen) atoms. The van der Waals surface area contributed by atoms with Crippen LogP contribution in [0.3, 0.4) is 0 Å². The van der Waals surface area contributed by atoms with E-state index in [1.807, 2.05) is 0 Å². The zero-order valence-corrected chi connectivity index (χ0v) is 21.1. The molecule has 198 valence electrons. The van der Waals surface area contributed by atoms with E-state index in [1.54, 1.807) is 13.0 Å². The quantitative estimate of drug-likeness (QED) is 0.310. The van der Waals surface area contributed by atoms with Crippen LogP contribution in [-0.4, -0.2) is 49.4 Å². The number of phenolic OH excluding ortho intramolecular Hbond substituents is 1. The molecule has 1 aliphatic carbocycles. The summed E-state index contributed by atoms with van der Waals surface area (Å²) in [6.07, 6.45) is -0.489. The van der Waals surface area contributed by atoms with E-state index < -0.39 is 50.6 Å². The minimum Gasteiger partial charge on any atom is -0.507 e.